The van der Waals surface area contributed by atoms with E-state index in [0.29, 0.717) is 24.2 Å². The molecule has 1 amide bonds. The minimum Gasteiger partial charge on any atom is -0.464 e. The quantitative estimate of drug-likeness (QED) is 0.342. The highest BCUT2D eigenvalue weighted by Crippen LogP contribution is 2.39. The zero-order valence-electron chi connectivity index (χ0n) is 20.2. The molecule has 0 aliphatic carbocycles. The first-order valence-corrected chi connectivity index (χ1v) is 14.4. The van der Waals surface area contributed by atoms with E-state index < -0.39 is 50.3 Å². The number of nitrogens with one attached hydrogen (secondary N) is 1. The molecule has 4 heterocycles. The second-order valence-electron chi connectivity index (χ2n) is 9.31. The molecule has 15 heteroatoms. The number of fused-ring (bicyclic) bond motifs is 2. The number of carboxylic acid groups (broad SMARTS) is 1. The van der Waals surface area contributed by atoms with E-state index in [4.69, 9.17) is 0 Å². The predicted molar refractivity (Wildman–Crippen MR) is 134 cm³/mol. The van der Waals surface area contributed by atoms with Crippen molar-refractivity contribution in [3.63, 3.8) is 0 Å². The summed E-state index contributed by atoms with van der Waals surface area (Å²) in [6.45, 7) is 0.176. The monoisotopic (exact) mass is 585 g/mol. The molecule has 208 valence electrons. The highest BCUT2D eigenvalue weighted by Gasteiger charge is 2.41. The van der Waals surface area contributed by atoms with Gasteiger partial charge in [0.1, 0.15) is 5.82 Å². The third-order valence-electron chi connectivity index (χ3n) is 7.07. The van der Waals surface area contributed by atoms with Gasteiger partial charge in [0.15, 0.2) is 16.5 Å². The van der Waals surface area contributed by atoms with E-state index in [-0.39, 0.29) is 16.4 Å². The summed E-state index contributed by atoms with van der Waals surface area (Å²) in [4.78, 5) is 20.9. The molecule has 39 heavy (non-hydrogen) atoms. The van der Waals surface area contributed by atoms with Gasteiger partial charge in [-0.05, 0) is 49.4 Å². The Morgan fingerprint density at radius 2 is 1.85 bits per heavy atom. The molecule has 9 nitrogen and oxygen atoms in total. The van der Waals surface area contributed by atoms with Crippen LogP contribution < -0.4 is 9.62 Å². The van der Waals surface area contributed by atoms with Gasteiger partial charge in [0.25, 0.3) is 10.0 Å². The smallest absolute Gasteiger partial charge is 0.435 e. The minimum absolute atomic E-state index is 0.143. The number of aromatic nitrogens is 2. The normalized spacial score (nSPS) is 19.4. The molecule has 2 N–H and O–H groups in total. The largest absolute Gasteiger partial charge is 0.464 e. The summed E-state index contributed by atoms with van der Waals surface area (Å²) in [5, 5.41) is 12.0. The van der Waals surface area contributed by atoms with Crippen LogP contribution in [0.15, 0.2) is 46.2 Å². The van der Waals surface area contributed by atoms with Crippen molar-refractivity contribution >= 4 is 39.0 Å². The van der Waals surface area contributed by atoms with E-state index in [2.05, 4.69) is 20.2 Å². The predicted octanol–water partition coefficient (Wildman–Crippen LogP) is 5.31. The molecular formula is C24H23F4N5O4S2. The summed E-state index contributed by atoms with van der Waals surface area (Å²) in [5.41, 5.74) is -0.125. The molecular weight excluding hydrogens is 562 g/mol. The lowest BCUT2D eigenvalue weighted by Crippen LogP contribution is -2.36. The van der Waals surface area contributed by atoms with Gasteiger partial charge >= 0.3 is 12.3 Å². The molecule has 2 saturated heterocycles. The van der Waals surface area contributed by atoms with E-state index in [0.717, 1.165) is 54.5 Å². The molecule has 3 aromatic rings. The summed E-state index contributed by atoms with van der Waals surface area (Å²) in [7, 11) is -5.05. The summed E-state index contributed by atoms with van der Waals surface area (Å²) in [5.74, 6) is -1.07. The Kier molecular flexibility index (Phi) is 7.24. The Morgan fingerprint density at radius 3 is 2.44 bits per heavy atom. The van der Waals surface area contributed by atoms with Crippen LogP contribution in [0.5, 0.6) is 0 Å². The Hall–Kier alpha value is -3.30. The molecule has 0 atom stereocenters. The van der Waals surface area contributed by atoms with Gasteiger partial charge in [-0.1, -0.05) is 12.1 Å². The zero-order valence-corrected chi connectivity index (χ0v) is 21.9. The number of carbonyl (C=O) groups is 1. The number of halogens is 4. The van der Waals surface area contributed by atoms with E-state index >= 15 is 0 Å². The molecule has 2 bridgehead atoms. The number of hydrogen-bond donors (Lipinski definition) is 2. The number of amides is 1. The first-order valence-electron chi connectivity index (χ1n) is 12.0. The Bertz CT molecular complexity index is 1460. The third-order valence-corrected chi connectivity index (χ3v) is 9.23. The van der Waals surface area contributed by atoms with Crippen molar-refractivity contribution in [3.8, 4) is 0 Å². The van der Waals surface area contributed by atoms with E-state index in [9.17, 15) is 35.9 Å². The maximum absolute atomic E-state index is 14.8. The fourth-order valence-corrected chi connectivity index (χ4v) is 7.05. The van der Waals surface area contributed by atoms with Crippen molar-refractivity contribution in [2.24, 2.45) is 0 Å². The first-order chi connectivity index (χ1) is 18.5. The van der Waals surface area contributed by atoms with Gasteiger partial charge in [-0.3, -0.25) is 4.90 Å². The molecule has 0 radical (unpaired) electrons. The lowest BCUT2D eigenvalue weighted by Gasteiger charge is -2.24. The van der Waals surface area contributed by atoms with Crippen molar-refractivity contribution in [3.05, 3.63) is 63.9 Å². The van der Waals surface area contributed by atoms with Gasteiger partial charge in [0, 0.05) is 36.1 Å². The standard InChI is InChI=1S/C24H23F4N5O4S2/c25-18-3-1-2-14(11-32-15-4-5-16(32)7-6-15)17(18)10-29-19-8-9-21(31-22(19)24(26,27)28)39(36,37)33(23(34)35)20-12-38-13-30-20/h1-3,8-9,12-13,15-16,29H,4-7,10-11H2,(H,34,35). The summed E-state index contributed by atoms with van der Waals surface area (Å²) in [6, 6.07) is 6.98. The Morgan fingerprint density at radius 1 is 1.15 bits per heavy atom. The van der Waals surface area contributed by atoms with Crippen molar-refractivity contribution in [2.45, 2.75) is 62.1 Å². The number of rotatable bonds is 8. The number of pyridine rings is 1. The van der Waals surface area contributed by atoms with Crippen molar-refractivity contribution in [2.75, 3.05) is 9.62 Å². The van der Waals surface area contributed by atoms with Gasteiger partial charge in [0.2, 0.25) is 0 Å². The fraction of sp³-hybridized carbons (Fsp3) is 0.375. The lowest BCUT2D eigenvalue weighted by molar-refractivity contribution is -0.140. The Labute approximate surface area is 225 Å². The molecule has 2 aromatic heterocycles. The summed E-state index contributed by atoms with van der Waals surface area (Å²) >= 11 is 0.902. The second-order valence-corrected chi connectivity index (χ2v) is 11.8. The number of anilines is 2. The highest BCUT2D eigenvalue weighted by atomic mass is 32.2. The van der Waals surface area contributed by atoms with Crippen molar-refractivity contribution < 1.29 is 35.9 Å². The van der Waals surface area contributed by atoms with Crippen LogP contribution >= 0.6 is 11.3 Å². The second kappa shape index (κ2) is 10.4. The van der Waals surface area contributed by atoms with Crippen LogP contribution in [0.2, 0.25) is 0 Å². The Balaban J connectivity index is 1.44. The van der Waals surface area contributed by atoms with Gasteiger partial charge in [-0.25, -0.2) is 19.2 Å². The van der Waals surface area contributed by atoms with Crippen LogP contribution in [0, 0.1) is 5.82 Å². The summed E-state index contributed by atoms with van der Waals surface area (Å²) < 4.78 is 82.6. The molecule has 0 spiro atoms. The molecule has 5 rings (SSSR count). The van der Waals surface area contributed by atoms with Crippen LogP contribution in [0.25, 0.3) is 0 Å². The summed E-state index contributed by atoms with van der Waals surface area (Å²) in [6.07, 6.45) is -2.76. The topological polar surface area (TPSA) is 116 Å². The van der Waals surface area contributed by atoms with Crippen LogP contribution in [0.3, 0.4) is 0 Å². The average molecular weight is 586 g/mol. The fourth-order valence-electron chi connectivity index (χ4n) is 5.28. The number of hydrogen-bond acceptors (Lipinski definition) is 8. The lowest BCUT2D eigenvalue weighted by atomic mass is 10.0. The molecule has 2 fully saturated rings. The van der Waals surface area contributed by atoms with Crippen molar-refractivity contribution in [1.29, 1.82) is 0 Å². The van der Waals surface area contributed by atoms with Gasteiger partial charge < -0.3 is 10.4 Å². The van der Waals surface area contributed by atoms with Crippen LogP contribution in [-0.2, 0) is 29.3 Å². The van der Waals surface area contributed by atoms with E-state index in [1.165, 1.54) is 11.6 Å². The van der Waals surface area contributed by atoms with Crippen molar-refractivity contribution in [1.82, 2.24) is 14.9 Å². The molecule has 1 aromatic carbocycles. The van der Waals surface area contributed by atoms with E-state index in [1.54, 1.807) is 12.1 Å². The number of benzene rings is 1. The van der Waals surface area contributed by atoms with Crippen LogP contribution in [-0.4, -0.2) is 46.6 Å². The van der Waals surface area contributed by atoms with Gasteiger partial charge in [-0.2, -0.15) is 21.6 Å². The van der Waals surface area contributed by atoms with Gasteiger partial charge in [-0.15, -0.1) is 15.6 Å². The molecule has 2 aliphatic rings. The molecule has 2 aliphatic heterocycles. The zero-order chi connectivity index (χ0) is 27.9. The number of nitrogens with zero attached hydrogens (tertiary/aromatic N) is 4. The number of thiazole rings is 1. The maximum atomic E-state index is 14.8. The molecule has 0 saturated carbocycles. The number of alkyl halides is 3. The SMILES string of the molecule is O=C(O)N(c1cscn1)S(=O)(=O)c1ccc(NCc2c(F)cccc2CN2C3CCC2CC3)c(C(F)(F)F)n1. The van der Waals surface area contributed by atoms with Gasteiger partial charge in [0.05, 0.1) is 11.2 Å². The first kappa shape index (κ1) is 27.3. The highest BCUT2D eigenvalue weighted by molar-refractivity contribution is 7.93. The van der Waals surface area contributed by atoms with Crippen LogP contribution in [0.4, 0.5) is 33.9 Å². The minimum atomic E-state index is -5.10. The third kappa shape index (κ3) is 5.30. The van der Waals surface area contributed by atoms with E-state index in [1.807, 2.05) is 0 Å². The average Bonchev–Trinajstić information content (AvgIpc) is 3.61. The molecule has 0 unspecified atom stereocenters. The van der Waals surface area contributed by atoms with Crippen LogP contribution in [0.1, 0.15) is 42.5 Å². The number of sulfonamides is 1. The maximum Gasteiger partial charge on any atom is 0.435 e.